The molecular weight excluding hydrogens is 372 g/mol. The van der Waals surface area contributed by atoms with Crippen LogP contribution in [0.2, 0.25) is 5.02 Å². The lowest BCUT2D eigenvalue weighted by molar-refractivity contribution is 0.323. The van der Waals surface area contributed by atoms with Crippen molar-refractivity contribution in [3.8, 4) is 11.5 Å². The summed E-state index contributed by atoms with van der Waals surface area (Å²) in [5.74, 6) is 2.50. The van der Waals surface area contributed by atoms with Gasteiger partial charge in [-0.2, -0.15) is 0 Å². The molecule has 2 aromatic carbocycles. The third-order valence-electron chi connectivity index (χ3n) is 4.80. The summed E-state index contributed by atoms with van der Waals surface area (Å²) in [5.41, 5.74) is 5.09. The number of hydrogen-bond acceptors (Lipinski definition) is 4. The van der Waals surface area contributed by atoms with E-state index in [9.17, 15) is 0 Å². The molecule has 0 unspecified atom stereocenters. The second-order valence-corrected chi connectivity index (χ2v) is 7.66. The smallest absolute Gasteiger partial charge is 0.226 e. The van der Waals surface area contributed by atoms with E-state index in [0.29, 0.717) is 10.9 Å². The molecule has 0 aliphatic carbocycles. The van der Waals surface area contributed by atoms with E-state index in [-0.39, 0.29) is 0 Å². The Morgan fingerprint density at radius 1 is 1.11 bits per heavy atom. The Bertz CT molecular complexity index is 1110. The summed E-state index contributed by atoms with van der Waals surface area (Å²) in [6, 6.07) is 13.9. The maximum absolute atomic E-state index is 6.04. The number of halogens is 1. The lowest BCUT2D eigenvalue weighted by Gasteiger charge is -2.14. The molecule has 0 aliphatic heterocycles. The van der Waals surface area contributed by atoms with E-state index in [1.807, 2.05) is 37.3 Å². The van der Waals surface area contributed by atoms with E-state index < -0.39 is 0 Å². The van der Waals surface area contributed by atoms with Crippen LogP contribution in [0.15, 0.2) is 46.9 Å². The van der Waals surface area contributed by atoms with Crippen LogP contribution in [0.4, 0.5) is 0 Å². The number of imidazole rings is 1. The van der Waals surface area contributed by atoms with Crippen molar-refractivity contribution in [1.29, 1.82) is 0 Å². The molecule has 4 aromatic rings. The Hall–Kier alpha value is -2.63. The van der Waals surface area contributed by atoms with Crippen molar-refractivity contribution < 1.29 is 4.42 Å². The predicted molar refractivity (Wildman–Crippen MR) is 113 cm³/mol. The number of H-pyrrole nitrogens is 1. The zero-order valence-electron chi connectivity index (χ0n) is 16.3. The van der Waals surface area contributed by atoms with Gasteiger partial charge in [0.15, 0.2) is 0 Å². The van der Waals surface area contributed by atoms with Crippen LogP contribution in [0.3, 0.4) is 0 Å². The van der Waals surface area contributed by atoms with Gasteiger partial charge < -0.3 is 9.40 Å². The van der Waals surface area contributed by atoms with E-state index in [0.717, 1.165) is 53.4 Å². The average Bonchev–Trinajstić information content (AvgIpc) is 3.23. The molecule has 28 heavy (non-hydrogen) atoms. The molecule has 0 aliphatic rings. The van der Waals surface area contributed by atoms with Gasteiger partial charge in [0.25, 0.3) is 0 Å². The van der Waals surface area contributed by atoms with Crippen LogP contribution in [-0.2, 0) is 13.0 Å². The minimum absolute atomic E-state index is 0.679. The molecule has 0 saturated carbocycles. The number of rotatable bonds is 6. The number of aromatic nitrogens is 3. The van der Waals surface area contributed by atoms with Crippen LogP contribution in [0.1, 0.15) is 22.8 Å². The third kappa shape index (κ3) is 4.11. The van der Waals surface area contributed by atoms with E-state index in [2.05, 4.69) is 41.0 Å². The summed E-state index contributed by atoms with van der Waals surface area (Å²) in [5, 5.41) is 0.714. The summed E-state index contributed by atoms with van der Waals surface area (Å²) < 4.78 is 5.90. The largest absolute Gasteiger partial charge is 0.441 e. The average molecular weight is 395 g/mol. The van der Waals surface area contributed by atoms with Crippen molar-refractivity contribution in [1.82, 2.24) is 19.9 Å². The monoisotopic (exact) mass is 394 g/mol. The number of hydrogen-bond donors (Lipinski definition) is 1. The van der Waals surface area contributed by atoms with Crippen LogP contribution in [0, 0.1) is 13.8 Å². The highest BCUT2D eigenvalue weighted by molar-refractivity contribution is 6.31. The van der Waals surface area contributed by atoms with Crippen molar-refractivity contribution in [2.24, 2.45) is 0 Å². The summed E-state index contributed by atoms with van der Waals surface area (Å²) in [7, 11) is 2.08. The van der Waals surface area contributed by atoms with Crippen molar-refractivity contribution in [3.63, 3.8) is 0 Å². The fraction of sp³-hybridized carbons (Fsp3) is 0.273. The molecule has 4 rings (SSSR count). The molecule has 2 heterocycles. The quantitative estimate of drug-likeness (QED) is 0.490. The molecule has 144 valence electrons. The first-order chi connectivity index (χ1) is 13.5. The lowest BCUT2D eigenvalue weighted by Crippen LogP contribution is -2.21. The predicted octanol–water partition coefficient (Wildman–Crippen LogP) is 5.16. The number of oxazole rings is 1. The number of benzene rings is 2. The highest BCUT2D eigenvalue weighted by atomic mass is 35.5. The minimum atomic E-state index is 0.679. The van der Waals surface area contributed by atoms with Crippen molar-refractivity contribution >= 4 is 22.6 Å². The SMILES string of the molecule is Cc1cccc(-c2nc(CN(C)CCc3nc4ccc(Cl)cc4[nH]3)c(C)o2)c1. The Kier molecular flexibility index (Phi) is 5.20. The number of nitrogens with one attached hydrogen (secondary N) is 1. The highest BCUT2D eigenvalue weighted by Crippen LogP contribution is 2.23. The van der Waals surface area contributed by atoms with E-state index in [1.54, 1.807) is 0 Å². The summed E-state index contributed by atoms with van der Waals surface area (Å²) in [6.07, 6.45) is 0.824. The van der Waals surface area contributed by atoms with Crippen LogP contribution in [0.5, 0.6) is 0 Å². The molecule has 0 amide bonds. The van der Waals surface area contributed by atoms with Crippen LogP contribution in [-0.4, -0.2) is 33.4 Å². The topological polar surface area (TPSA) is 58.0 Å². The number of nitrogens with zero attached hydrogens (tertiary/aromatic N) is 3. The van der Waals surface area contributed by atoms with Gasteiger partial charge in [0, 0.05) is 30.1 Å². The molecule has 0 bridgehead atoms. The first-order valence-corrected chi connectivity index (χ1v) is 9.72. The van der Waals surface area contributed by atoms with E-state index in [4.69, 9.17) is 21.0 Å². The molecule has 0 fully saturated rings. The first-order valence-electron chi connectivity index (χ1n) is 9.34. The summed E-state index contributed by atoms with van der Waals surface area (Å²) in [4.78, 5) is 14.9. The normalized spacial score (nSPS) is 11.6. The van der Waals surface area contributed by atoms with Crippen molar-refractivity contribution in [2.75, 3.05) is 13.6 Å². The van der Waals surface area contributed by atoms with E-state index >= 15 is 0 Å². The number of fused-ring (bicyclic) bond motifs is 1. The number of likely N-dealkylation sites (N-methyl/N-ethyl adjacent to an activating group) is 1. The van der Waals surface area contributed by atoms with Gasteiger partial charge in [0.05, 0.1) is 16.7 Å². The van der Waals surface area contributed by atoms with Crippen LogP contribution in [0.25, 0.3) is 22.5 Å². The maximum Gasteiger partial charge on any atom is 0.226 e. The zero-order chi connectivity index (χ0) is 19.7. The standard InChI is InChI=1S/C22H23ClN4O/c1-14-5-4-6-16(11-14)22-26-20(15(2)28-22)13-27(3)10-9-21-24-18-8-7-17(23)12-19(18)25-21/h4-8,11-12H,9-10,13H2,1-3H3,(H,24,25). The Morgan fingerprint density at radius 3 is 2.79 bits per heavy atom. The molecule has 2 aromatic heterocycles. The molecule has 0 atom stereocenters. The van der Waals surface area contributed by atoms with E-state index in [1.165, 1.54) is 5.56 Å². The molecule has 0 spiro atoms. The van der Waals surface area contributed by atoms with Gasteiger partial charge in [0.2, 0.25) is 5.89 Å². The number of aromatic amines is 1. The van der Waals surface area contributed by atoms with Gasteiger partial charge in [-0.05, 0) is 51.2 Å². The molecule has 0 radical (unpaired) electrons. The van der Waals surface area contributed by atoms with Gasteiger partial charge >= 0.3 is 0 Å². The van der Waals surface area contributed by atoms with Crippen molar-refractivity contribution in [2.45, 2.75) is 26.8 Å². The Labute approximate surface area is 169 Å². The second-order valence-electron chi connectivity index (χ2n) is 7.22. The van der Waals surface area contributed by atoms with Crippen LogP contribution < -0.4 is 0 Å². The fourth-order valence-electron chi connectivity index (χ4n) is 3.26. The third-order valence-corrected chi connectivity index (χ3v) is 5.04. The molecule has 5 nitrogen and oxygen atoms in total. The number of aryl methyl sites for hydroxylation is 2. The zero-order valence-corrected chi connectivity index (χ0v) is 17.0. The Morgan fingerprint density at radius 2 is 1.96 bits per heavy atom. The Balaban J connectivity index is 1.41. The fourth-order valence-corrected chi connectivity index (χ4v) is 3.43. The molecule has 6 heteroatoms. The van der Waals surface area contributed by atoms with Crippen LogP contribution >= 0.6 is 11.6 Å². The van der Waals surface area contributed by atoms with Crippen molar-refractivity contribution in [3.05, 3.63) is 70.3 Å². The van der Waals surface area contributed by atoms with Gasteiger partial charge in [-0.15, -0.1) is 0 Å². The van der Waals surface area contributed by atoms with Gasteiger partial charge in [-0.1, -0.05) is 29.3 Å². The van der Waals surface area contributed by atoms with Gasteiger partial charge in [-0.3, -0.25) is 4.90 Å². The van der Waals surface area contributed by atoms with Gasteiger partial charge in [0.1, 0.15) is 11.6 Å². The lowest BCUT2D eigenvalue weighted by atomic mass is 10.1. The summed E-state index contributed by atoms with van der Waals surface area (Å²) >= 11 is 6.04. The molecular formula is C22H23ClN4O. The summed E-state index contributed by atoms with van der Waals surface area (Å²) in [6.45, 7) is 5.63. The second kappa shape index (κ2) is 7.78. The first kappa shape index (κ1) is 18.7. The molecule has 1 N–H and O–H groups in total. The highest BCUT2D eigenvalue weighted by Gasteiger charge is 2.14. The molecule has 0 saturated heterocycles. The maximum atomic E-state index is 6.04. The minimum Gasteiger partial charge on any atom is -0.441 e. The van der Waals surface area contributed by atoms with Gasteiger partial charge in [-0.25, -0.2) is 9.97 Å².